The molecular formula is C29H31N3O8S3. The van der Waals surface area contributed by atoms with E-state index in [9.17, 15) is 30.0 Å². The second-order valence-corrected chi connectivity index (χ2v) is 16.1. The molecule has 3 aromatic carbocycles. The molecule has 0 saturated carbocycles. The molecule has 0 unspecified atom stereocenters. The van der Waals surface area contributed by atoms with Crippen LogP contribution in [0.4, 0.5) is 0 Å². The lowest BCUT2D eigenvalue weighted by Crippen LogP contribution is -2.46. The summed E-state index contributed by atoms with van der Waals surface area (Å²) in [5.74, 6) is -1.27. The van der Waals surface area contributed by atoms with Gasteiger partial charge in [0.15, 0.2) is 0 Å². The molecule has 5 rings (SSSR count). The van der Waals surface area contributed by atoms with Gasteiger partial charge in [-0.15, -0.1) is 0 Å². The first-order valence-corrected chi connectivity index (χ1v) is 17.9. The number of rotatable bonds is 9. The molecular weight excluding hydrogens is 615 g/mol. The summed E-state index contributed by atoms with van der Waals surface area (Å²) in [6.45, 7) is 3.87. The summed E-state index contributed by atoms with van der Waals surface area (Å²) in [6.07, 6.45) is 1.51. The van der Waals surface area contributed by atoms with Gasteiger partial charge in [0.25, 0.3) is 10.0 Å². The van der Waals surface area contributed by atoms with Crippen molar-refractivity contribution in [1.82, 2.24) is 13.0 Å². The largest absolute Gasteiger partial charge is 0.478 e. The minimum atomic E-state index is -4.24. The van der Waals surface area contributed by atoms with E-state index in [2.05, 4.69) is 4.72 Å². The summed E-state index contributed by atoms with van der Waals surface area (Å²) < 4.78 is 86.1. The van der Waals surface area contributed by atoms with Crippen LogP contribution in [0.5, 0.6) is 0 Å². The number of benzene rings is 3. The second-order valence-electron chi connectivity index (χ2n) is 10.6. The van der Waals surface area contributed by atoms with Crippen molar-refractivity contribution in [2.24, 2.45) is 0 Å². The molecule has 1 aliphatic heterocycles. The van der Waals surface area contributed by atoms with E-state index in [1.54, 1.807) is 36.4 Å². The summed E-state index contributed by atoms with van der Waals surface area (Å²) in [5.41, 5.74) is 0.880. The van der Waals surface area contributed by atoms with Crippen molar-refractivity contribution in [3.05, 3.63) is 90.1 Å². The van der Waals surface area contributed by atoms with Crippen LogP contribution in [0, 0.1) is 0 Å². The van der Waals surface area contributed by atoms with Crippen molar-refractivity contribution in [3.8, 4) is 0 Å². The highest BCUT2D eigenvalue weighted by Crippen LogP contribution is 2.35. The fourth-order valence-electron chi connectivity index (χ4n) is 5.26. The number of sulfonamides is 2. The predicted molar refractivity (Wildman–Crippen MR) is 161 cm³/mol. The van der Waals surface area contributed by atoms with Gasteiger partial charge >= 0.3 is 5.97 Å². The Hall–Kier alpha value is -3.56. The van der Waals surface area contributed by atoms with Crippen molar-refractivity contribution < 1.29 is 35.2 Å². The van der Waals surface area contributed by atoms with Gasteiger partial charge in [-0.05, 0) is 66.8 Å². The first-order valence-electron chi connectivity index (χ1n) is 13.5. The summed E-state index contributed by atoms with van der Waals surface area (Å²) in [4.78, 5) is 10.9. The van der Waals surface area contributed by atoms with E-state index < -0.39 is 42.1 Å². The zero-order valence-corrected chi connectivity index (χ0v) is 25.9. The van der Waals surface area contributed by atoms with Crippen molar-refractivity contribution >= 4 is 46.9 Å². The number of aromatic nitrogens is 1. The predicted octanol–water partition coefficient (Wildman–Crippen LogP) is 3.83. The molecule has 11 nitrogen and oxygen atoms in total. The minimum absolute atomic E-state index is 0.0185. The van der Waals surface area contributed by atoms with E-state index in [1.807, 2.05) is 13.8 Å². The lowest BCUT2D eigenvalue weighted by Gasteiger charge is -2.31. The van der Waals surface area contributed by atoms with Crippen LogP contribution < -0.4 is 4.72 Å². The zero-order valence-electron chi connectivity index (χ0n) is 23.4. The average Bonchev–Trinajstić information content (AvgIpc) is 3.39. The van der Waals surface area contributed by atoms with Crippen LogP contribution in [-0.4, -0.2) is 63.7 Å². The molecule has 1 aliphatic rings. The first-order chi connectivity index (χ1) is 20.2. The number of carbonyl (C=O) groups is 1. The number of hydrogen-bond acceptors (Lipinski definition) is 7. The number of nitrogens with zero attached hydrogens (tertiary/aromatic N) is 2. The van der Waals surface area contributed by atoms with Crippen LogP contribution in [0.2, 0.25) is 0 Å². The van der Waals surface area contributed by atoms with Gasteiger partial charge in [-0.25, -0.2) is 38.7 Å². The van der Waals surface area contributed by atoms with E-state index >= 15 is 0 Å². The summed E-state index contributed by atoms with van der Waals surface area (Å²) in [6, 6.07) is 17.1. The highest BCUT2D eigenvalue weighted by atomic mass is 32.2. The molecule has 14 heteroatoms. The molecule has 0 amide bonds. The van der Waals surface area contributed by atoms with Gasteiger partial charge in [0.05, 0.1) is 20.9 Å². The van der Waals surface area contributed by atoms with E-state index in [1.165, 1.54) is 40.7 Å². The van der Waals surface area contributed by atoms with Crippen molar-refractivity contribution in [2.45, 2.75) is 53.3 Å². The van der Waals surface area contributed by atoms with Crippen LogP contribution >= 0.6 is 0 Å². The SMILES string of the molecule is CC(C)c1cccc2c1c(S(=O)(=O)NC1CCN(S(=O)(=O)c3ccc(C(=O)O)cc3)CC1)cn2S(=O)(=O)c1ccccc1. The lowest BCUT2D eigenvalue weighted by atomic mass is 9.99. The molecule has 0 atom stereocenters. The van der Waals surface area contributed by atoms with Crippen LogP contribution in [0.25, 0.3) is 10.9 Å². The van der Waals surface area contributed by atoms with Gasteiger partial charge < -0.3 is 5.11 Å². The maximum atomic E-state index is 13.9. The van der Waals surface area contributed by atoms with Gasteiger partial charge in [-0.2, -0.15) is 4.31 Å². The minimum Gasteiger partial charge on any atom is -0.478 e. The molecule has 4 aromatic rings. The summed E-state index contributed by atoms with van der Waals surface area (Å²) in [7, 11) is -12.3. The first kappa shape index (κ1) is 30.9. The molecule has 0 spiro atoms. The van der Waals surface area contributed by atoms with Crippen LogP contribution in [0.3, 0.4) is 0 Å². The lowest BCUT2D eigenvalue weighted by molar-refractivity contribution is 0.0696. The molecule has 1 aromatic heterocycles. The van der Waals surface area contributed by atoms with E-state index in [0.717, 1.165) is 10.2 Å². The van der Waals surface area contributed by atoms with Crippen LogP contribution in [0.1, 0.15) is 48.5 Å². The van der Waals surface area contributed by atoms with Gasteiger partial charge in [-0.3, -0.25) is 0 Å². The fraction of sp³-hybridized carbons (Fsp3) is 0.276. The monoisotopic (exact) mass is 645 g/mol. The topological polar surface area (TPSA) is 160 Å². The van der Waals surface area contributed by atoms with E-state index in [0.29, 0.717) is 10.9 Å². The Morgan fingerprint density at radius 2 is 1.42 bits per heavy atom. The molecule has 0 radical (unpaired) electrons. The normalized spacial score (nSPS) is 15.7. The third-order valence-corrected chi connectivity index (χ3v) is 12.7. The molecule has 0 aliphatic carbocycles. The third kappa shape index (κ3) is 5.85. The smallest absolute Gasteiger partial charge is 0.335 e. The highest BCUT2D eigenvalue weighted by molar-refractivity contribution is 7.91. The fourth-order valence-corrected chi connectivity index (χ4v) is 9.71. The Kier molecular flexibility index (Phi) is 8.26. The van der Waals surface area contributed by atoms with Gasteiger partial charge in [0.1, 0.15) is 4.90 Å². The molecule has 2 N–H and O–H groups in total. The van der Waals surface area contributed by atoms with E-state index in [-0.39, 0.29) is 57.6 Å². The third-order valence-electron chi connectivity index (χ3n) is 7.52. The van der Waals surface area contributed by atoms with Crippen molar-refractivity contribution in [2.75, 3.05) is 13.1 Å². The quantitative estimate of drug-likeness (QED) is 0.278. The molecule has 228 valence electrons. The van der Waals surface area contributed by atoms with Gasteiger partial charge in [0.2, 0.25) is 20.0 Å². The number of nitrogens with one attached hydrogen (secondary N) is 1. The van der Waals surface area contributed by atoms with Gasteiger partial charge in [0, 0.05) is 30.7 Å². The number of piperidine rings is 1. The number of carboxylic acid groups (broad SMARTS) is 1. The zero-order chi connectivity index (χ0) is 31.2. The summed E-state index contributed by atoms with van der Waals surface area (Å²) >= 11 is 0. The Bertz CT molecular complexity index is 2000. The number of carboxylic acids is 1. The number of hydrogen-bond donors (Lipinski definition) is 2. The Morgan fingerprint density at radius 1 is 0.814 bits per heavy atom. The van der Waals surface area contributed by atoms with Crippen molar-refractivity contribution in [1.29, 1.82) is 0 Å². The molecule has 2 heterocycles. The van der Waals surface area contributed by atoms with Crippen LogP contribution in [0.15, 0.2) is 93.7 Å². The van der Waals surface area contributed by atoms with E-state index in [4.69, 9.17) is 5.11 Å². The molecule has 1 fully saturated rings. The van der Waals surface area contributed by atoms with Crippen LogP contribution in [-0.2, 0) is 30.1 Å². The Labute approximate surface area is 250 Å². The maximum absolute atomic E-state index is 13.9. The molecule has 1 saturated heterocycles. The highest BCUT2D eigenvalue weighted by Gasteiger charge is 2.34. The molecule has 43 heavy (non-hydrogen) atoms. The Morgan fingerprint density at radius 3 is 2.00 bits per heavy atom. The number of aromatic carboxylic acids is 1. The van der Waals surface area contributed by atoms with Gasteiger partial charge in [-0.1, -0.05) is 44.2 Å². The second kappa shape index (κ2) is 11.5. The molecule has 0 bridgehead atoms. The average molecular weight is 646 g/mol. The Balaban J connectivity index is 1.43. The number of fused-ring (bicyclic) bond motifs is 1. The standard InChI is InChI=1S/C29H31N3O8S3/c1-20(2)25-9-6-10-26-28(25)27(19-32(26)43(39,40)23-7-4-3-5-8-23)41(35,36)30-22-15-17-31(18-16-22)42(37,38)24-13-11-21(12-14-24)29(33)34/h3-14,19-20,22,30H,15-18H2,1-2H3,(H,33,34). The maximum Gasteiger partial charge on any atom is 0.335 e. The summed E-state index contributed by atoms with van der Waals surface area (Å²) in [5, 5.41) is 9.39. The van der Waals surface area contributed by atoms with Crippen molar-refractivity contribution in [3.63, 3.8) is 0 Å².